The van der Waals surface area contributed by atoms with Crippen molar-refractivity contribution in [1.29, 1.82) is 0 Å². The molecule has 0 aliphatic heterocycles. The normalized spacial score (nSPS) is 10.6. The van der Waals surface area contributed by atoms with Crippen molar-refractivity contribution in [2.75, 3.05) is 0 Å². The smallest absolute Gasteiger partial charge is 0.253 e. The highest BCUT2D eigenvalue weighted by Crippen LogP contribution is 2.17. The molecule has 1 amide bonds. The van der Waals surface area contributed by atoms with Crippen molar-refractivity contribution in [1.82, 2.24) is 10.3 Å². The number of H-pyrrole nitrogens is 1. The van der Waals surface area contributed by atoms with Crippen LogP contribution in [0.1, 0.15) is 15.9 Å². The third kappa shape index (κ3) is 2.36. The largest absolute Gasteiger partial charge is 0.508 e. The summed E-state index contributed by atoms with van der Waals surface area (Å²) in [6.07, 6.45) is 1.82. The molecule has 1 aromatic heterocycles. The molecule has 0 unspecified atom stereocenters. The Morgan fingerprint density at radius 2 is 2.00 bits per heavy atom. The number of hydrogen-bond acceptors (Lipinski definition) is 2. The number of aromatic nitrogens is 1. The Morgan fingerprint density at radius 3 is 2.85 bits per heavy atom. The molecule has 0 radical (unpaired) electrons. The summed E-state index contributed by atoms with van der Waals surface area (Å²) in [6, 6.07) is 14.4. The van der Waals surface area contributed by atoms with Gasteiger partial charge in [-0.05, 0) is 29.8 Å². The summed E-state index contributed by atoms with van der Waals surface area (Å²) in [6.45, 7) is 0.379. The first-order valence-electron chi connectivity index (χ1n) is 6.36. The third-order valence-corrected chi connectivity index (χ3v) is 3.20. The lowest BCUT2D eigenvalue weighted by molar-refractivity contribution is 0.0952. The van der Waals surface area contributed by atoms with E-state index < -0.39 is 0 Å². The molecule has 3 N–H and O–H groups in total. The van der Waals surface area contributed by atoms with Gasteiger partial charge in [-0.2, -0.15) is 0 Å². The number of amides is 1. The van der Waals surface area contributed by atoms with Crippen molar-refractivity contribution in [3.8, 4) is 5.75 Å². The molecule has 4 nitrogen and oxygen atoms in total. The van der Waals surface area contributed by atoms with Crippen LogP contribution in [0.25, 0.3) is 10.9 Å². The van der Waals surface area contributed by atoms with Crippen LogP contribution in [0.2, 0.25) is 0 Å². The number of hydrogen-bond donors (Lipinski definition) is 3. The fraction of sp³-hybridized carbons (Fsp3) is 0.0625. The summed E-state index contributed by atoms with van der Waals surface area (Å²) in [7, 11) is 0. The Kier molecular flexibility index (Phi) is 3.13. The summed E-state index contributed by atoms with van der Waals surface area (Å²) in [5.41, 5.74) is 2.31. The molecule has 0 bridgehead atoms. The Morgan fingerprint density at radius 1 is 1.15 bits per heavy atom. The SMILES string of the molecule is O=C(NCc1cccc(O)c1)c1cccc2cc[nH]c12. The fourth-order valence-electron chi connectivity index (χ4n) is 2.22. The highest BCUT2D eigenvalue weighted by atomic mass is 16.3. The standard InChI is InChI=1S/C16H14N2O2/c19-13-5-1-3-11(9-13)10-18-16(20)14-6-2-4-12-7-8-17-15(12)14/h1-9,17,19H,10H2,(H,18,20). The van der Waals surface area contributed by atoms with Crippen LogP contribution in [-0.4, -0.2) is 16.0 Å². The van der Waals surface area contributed by atoms with Crippen molar-refractivity contribution in [2.45, 2.75) is 6.54 Å². The monoisotopic (exact) mass is 266 g/mol. The molecule has 0 fully saturated rings. The minimum Gasteiger partial charge on any atom is -0.508 e. The number of fused-ring (bicyclic) bond motifs is 1. The van der Waals surface area contributed by atoms with Crippen LogP contribution in [0, 0.1) is 0 Å². The first-order valence-corrected chi connectivity index (χ1v) is 6.36. The van der Waals surface area contributed by atoms with Gasteiger partial charge in [0.15, 0.2) is 0 Å². The topological polar surface area (TPSA) is 65.1 Å². The number of phenols is 1. The van der Waals surface area contributed by atoms with Gasteiger partial charge in [-0.3, -0.25) is 4.79 Å². The van der Waals surface area contributed by atoms with Crippen molar-refractivity contribution in [3.05, 3.63) is 65.9 Å². The molecule has 2 aromatic carbocycles. The van der Waals surface area contributed by atoms with E-state index >= 15 is 0 Å². The van der Waals surface area contributed by atoms with Crippen molar-refractivity contribution < 1.29 is 9.90 Å². The van der Waals surface area contributed by atoms with Gasteiger partial charge in [-0.15, -0.1) is 0 Å². The average molecular weight is 266 g/mol. The molecular weight excluding hydrogens is 252 g/mol. The second-order valence-corrected chi connectivity index (χ2v) is 4.60. The molecule has 0 spiro atoms. The number of nitrogens with one attached hydrogen (secondary N) is 2. The van der Waals surface area contributed by atoms with Gasteiger partial charge in [0, 0.05) is 18.1 Å². The van der Waals surface area contributed by atoms with Gasteiger partial charge in [0.2, 0.25) is 0 Å². The van der Waals surface area contributed by atoms with E-state index in [1.807, 2.05) is 30.5 Å². The van der Waals surface area contributed by atoms with E-state index in [9.17, 15) is 9.90 Å². The van der Waals surface area contributed by atoms with Crippen LogP contribution < -0.4 is 5.32 Å². The summed E-state index contributed by atoms with van der Waals surface area (Å²) in [4.78, 5) is 15.3. The van der Waals surface area contributed by atoms with E-state index in [1.165, 1.54) is 0 Å². The number of aromatic hydroxyl groups is 1. The van der Waals surface area contributed by atoms with Crippen LogP contribution >= 0.6 is 0 Å². The Hall–Kier alpha value is -2.75. The lowest BCUT2D eigenvalue weighted by Gasteiger charge is -2.07. The molecule has 0 aliphatic carbocycles. The second-order valence-electron chi connectivity index (χ2n) is 4.60. The van der Waals surface area contributed by atoms with E-state index in [4.69, 9.17) is 0 Å². The van der Waals surface area contributed by atoms with E-state index in [0.717, 1.165) is 16.5 Å². The Balaban J connectivity index is 1.78. The van der Waals surface area contributed by atoms with Gasteiger partial charge in [-0.1, -0.05) is 24.3 Å². The van der Waals surface area contributed by atoms with E-state index in [1.54, 1.807) is 24.3 Å². The molecule has 0 saturated carbocycles. The Bertz CT molecular complexity index is 762. The summed E-state index contributed by atoms with van der Waals surface area (Å²) >= 11 is 0. The summed E-state index contributed by atoms with van der Waals surface area (Å²) < 4.78 is 0. The van der Waals surface area contributed by atoms with Crippen molar-refractivity contribution in [2.24, 2.45) is 0 Å². The first kappa shape index (κ1) is 12.3. The zero-order valence-corrected chi connectivity index (χ0v) is 10.8. The second kappa shape index (κ2) is 5.09. The molecule has 0 saturated heterocycles. The molecule has 4 heteroatoms. The van der Waals surface area contributed by atoms with Gasteiger partial charge in [0.05, 0.1) is 11.1 Å². The highest BCUT2D eigenvalue weighted by Gasteiger charge is 2.10. The molecule has 3 rings (SSSR count). The minimum absolute atomic E-state index is 0.138. The van der Waals surface area contributed by atoms with Gasteiger partial charge in [0.1, 0.15) is 5.75 Å². The molecular formula is C16H14N2O2. The maximum absolute atomic E-state index is 12.2. The molecule has 1 heterocycles. The molecule has 0 aliphatic rings. The van der Waals surface area contributed by atoms with Crippen LogP contribution in [0.15, 0.2) is 54.7 Å². The number of benzene rings is 2. The number of carbonyl (C=O) groups excluding carboxylic acids is 1. The van der Waals surface area contributed by atoms with Crippen LogP contribution in [0.4, 0.5) is 0 Å². The quantitative estimate of drug-likeness (QED) is 0.682. The number of aromatic amines is 1. The van der Waals surface area contributed by atoms with E-state index in [0.29, 0.717) is 12.1 Å². The molecule has 100 valence electrons. The first-order chi connectivity index (χ1) is 9.74. The summed E-state index contributed by atoms with van der Waals surface area (Å²) in [5.74, 6) is 0.0598. The summed E-state index contributed by atoms with van der Waals surface area (Å²) in [5, 5.41) is 13.3. The van der Waals surface area contributed by atoms with Crippen molar-refractivity contribution in [3.63, 3.8) is 0 Å². The number of carbonyl (C=O) groups is 1. The predicted molar refractivity (Wildman–Crippen MR) is 77.6 cm³/mol. The van der Waals surface area contributed by atoms with Crippen LogP contribution in [0.3, 0.4) is 0 Å². The fourth-order valence-corrected chi connectivity index (χ4v) is 2.22. The third-order valence-electron chi connectivity index (χ3n) is 3.20. The minimum atomic E-state index is -0.138. The average Bonchev–Trinajstić information content (AvgIpc) is 2.93. The number of phenolic OH excluding ortho intramolecular Hbond substituents is 1. The van der Waals surface area contributed by atoms with Crippen LogP contribution in [0.5, 0.6) is 5.75 Å². The van der Waals surface area contributed by atoms with Gasteiger partial charge in [0.25, 0.3) is 5.91 Å². The molecule has 0 atom stereocenters. The zero-order valence-electron chi connectivity index (χ0n) is 10.8. The van der Waals surface area contributed by atoms with Gasteiger partial charge < -0.3 is 15.4 Å². The lowest BCUT2D eigenvalue weighted by Crippen LogP contribution is -2.23. The van der Waals surface area contributed by atoms with Gasteiger partial charge in [-0.25, -0.2) is 0 Å². The van der Waals surface area contributed by atoms with Gasteiger partial charge >= 0.3 is 0 Å². The molecule has 20 heavy (non-hydrogen) atoms. The van der Waals surface area contributed by atoms with E-state index in [2.05, 4.69) is 10.3 Å². The maximum Gasteiger partial charge on any atom is 0.253 e. The highest BCUT2D eigenvalue weighted by molar-refractivity contribution is 6.05. The molecule has 3 aromatic rings. The number of rotatable bonds is 3. The maximum atomic E-state index is 12.2. The lowest BCUT2D eigenvalue weighted by atomic mass is 10.1. The van der Waals surface area contributed by atoms with E-state index in [-0.39, 0.29) is 11.7 Å². The zero-order chi connectivity index (χ0) is 13.9. The predicted octanol–water partition coefficient (Wildman–Crippen LogP) is 2.80. The number of para-hydroxylation sites is 1. The van der Waals surface area contributed by atoms with Crippen molar-refractivity contribution >= 4 is 16.8 Å². The Labute approximate surface area is 116 Å². The van der Waals surface area contributed by atoms with Crippen LogP contribution in [-0.2, 0) is 6.54 Å².